The Morgan fingerprint density at radius 1 is 1.05 bits per heavy atom. The molecule has 3 N–H and O–H groups in total. The zero-order valence-corrected chi connectivity index (χ0v) is 21.5. The summed E-state index contributed by atoms with van der Waals surface area (Å²) < 4.78 is 1.96. The van der Waals surface area contributed by atoms with Gasteiger partial charge in [0.15, 0.2) is 0 Å². The van der Waals surface area contributed by atoms with Crippen molar-refractivity contribution in [1.82, 2.24) is 29.6 Å². The molecule has 1 unspecified atom stereocenters. The lowest BCUT2D eigenvalue weighted by Crippen LogP contribution is -2.36. The summed E-state index contributed by atoms with van der Waals surface area (Å²) in [5.74, 6) is -2.22. The Bertz CT molecular complexity index is 1300. The van der Waals surface area contributed by atoms with Crippen molar-refractivity contribution in [3.8, 4) is 5.69 Å². The summed E-state index contributed by atoms with van der Waals surface area (Å²) in [7, 11) is 0. The molecule has 0 spiro atoms. The number of aromatic nitrogens is 5. The SMILES string of the molecule is CC(CN1CCC(CCCc2c[nH]c3ccc(-n4cnnc4)cc23)CC1)c1ccncc1.O=C(O)C(=O)O. The van der Waals surface area contributed by atoms with Crippen LogP contribution in [0.15, 0.2) is 61.6 Å². The highest BCUT2D eigenvalue weighted by Crippen LogP contribution is 2.27. The monoisotopic (exact) mass is 518 g/mol. The number of carboxylic acids is 2. The van der Waals surface area contributed by atoms with Crippen molar-refractivity contribution in [3.63, 3.8) is 0 Å². The van der Waals surface area contributed by atoms with Crippen molar-refractivity contribution >= 4 is 22.8 Å². The number of H-pyrrole nitrogens is 1. The van der Waals surface area contributed by atoms with Crippen LogP contribution in [0.5, 0.6) is 0 Å². The number of hydrogen-bond donors (Lipinski definition) is 3. The van der Waals surface area contributed by atoms with Crippen molar-refractivity contribution in [2.45, 2.75) is 44.9 Å². The minimum Gasteiger partial charge on any atom is -0.473 e. The molecule has 10 heteroatoms. The molecule has 0 amide bonds. The predicted molar refractivity (Wildman–Crippen MR) is 143 cm³/mol. The number of aliphatic carboxylic acids is 2. The van der Waals surface area contributed by atoms with Crippen LogP contribution in [0.1, 0.15) is 49.7 Å². The summed E-state index contributed by atoms with van der Waals surface area (Å²) in [5.41, 5.74) is 5.12. The van der Waals surface area contributed by atoms with Gasteiger partial charge in [0, 0.05) is 41.7 Å². The quantitative estimate of drug-likeness (QED) is 0.296. The van der Waals surface area contributed by atoms with Crippen LogP contribution < -0.4 is 0 Å². The van der Waals surface area contributed by atoms with Crippen LogP contribution in [0.4, 0.5) is 0 Å². The van der Waals surface area contributed by atoms with Crippen LogP contribution in [0, 0.1) is 5.92 Å². The van der Waals surface area contributed by atoms with E-state index in [-0.39, 0.29) is 0 Å². The van der Waals surface area contributed by atoms with E-state index in [1.54, 1.807) is 12.7 Å². The lowest BCUT2D eigenvalue weighted by molar-refractivity contribution is -0.159. The van der Waals surface area contributed by atoms with Gasteiger partial charge in [0.1, 0.15) is 12.7 Å². The molecule has 1 fully saturated rings. The smallest absolute Gasteiger partial charge is 0.414 e. The Balaban J connectivity index is 0.000000505. The average Bonchev–Trinajstić information content (AvgIpc) is 3.61. The van der Waals surface area contributed by atoms with Gasteiger partial charge >= 0.3 is 11.9 Å². The van der Waals surface area contributed by atoms with E-state index in [1.165, 1.54) is 60.8 Å². The second kappa shape index (κ2) is 13.0. The van der Waals surface area contributed by atoms with Gasteiger partial charge in [0.25, 0.3) is 0 Å². The Kier molecular flexibility index (Phi) is 9.21. The average molecular weight is 519 g/mol. The first-order chi connectivity index (χ1) is 18.4. The maximum atomic E-state index is 9.10. The minimum atomic E-state index is -1.82. The van der Waals surface area contributed by atoms with Gasteiger partial charge in [-0.1, -0.05) is 13.3 Å². The van der Waals surface area contributed by atoms with E-state index in [4.69, 9.17) is 19.8 Å². The molecule has 10 nitrogen and oxygen atoms in total. The van der Waals surface area contributed by atoms with Gasteiger partial charge in [-0.15, -0.1) is 10.2 Å². The molecule has 3 aromatic heterocycles. The molecule has 1 aromatic carbocycles. The summed E-state index contributed by atoms with van der Waals surface area (Å²) in [6.45, 7) is 5.95. The van der Waals surface area contributed by atoms with Gasteiger partial charge in [-0.3, -0.25) is 9.55 Å². The standard InChI is InChI=1S/C26H32N6.C2H2O4/c1-20(22-7-11-27-12-8-22)17-31-13-9-21(10-14-31)3-2-4-23-16-28-26-6-5-24(15-25(23)26)32-18-29-30-19-32;3-1(4)2(5)6/h5-8,11-12,15-16,18-21,28H,2-4,9-10,13-14,17H2,1H3;(H,3,4)(H,5,6). The van der Waals surface area contributed by atoms with E-state index in [1.807, 2.05) is 17.0 Å². The van der Waals surface area contributed by atoms with Gasteiger partial charge < -0.3 is 20.1 Å². The summed E-state index contributed by atoms with van der Waals surface area (Å²) in [4.78, 5) is 28.4. The molecule has 1 aliphatic heterocycles. The first kappa shape index (κ1) is 27.0. The van der Waals surface area contributed by atoms with Crippen LogP contribution in [-0.2, 0) is 16.0 Å². The molecule has 0 radical (unpaired) electrons. The molecule has 0 saturated carbocycles. The number of fused-ring (bicyclic) bond motifs is 1. The number of aryl methyl sites for hydroxylation is 1. The van der Waals surface area contributed by atoms with Crippen molar-refractivity contribution < 1.29 is 19.8 Å². The normalized spacial score (nSPS) is 15.1. The molecule has 1 atom stereocenters. The van der Waals surface area contributed by atoms with Gasteiger partial charge in [-0.2, -0.15) is 0 Å². The Morgan fingerprint density at radius 2 is 1.74 bits per heavy atom. The maximum Gasteiger partial charge on any atom is 0.414 e. The zero-order valence-electron chi connectivity index (χ0n) is 21.5. The van der Waals surface area contributed by atoms with Gasteiger partial charge in [0.05, 0.1) is 0 Å². The summed E-state index contributed by atoms with van der Waals surface area (Å²) in [6, 6.07) is 10.8. The minimum absolute atomic E-state index is 0.569. The third-order valence-electron chi connectivity index (χ3n) is 7.22. The van der Waals surface area contributed by atoms with Crippen molar-refractivity contribution in [3.05, 3.63) is 72.7 Å². The molecule has 5 rings (SSSR count). The van der Waals surface area contributed by atoms with Crippen molar-refractivity contribution in [2.75, 3.05) is 19.6 Å². The number of nitrogens with zero attached hydrogens (tertiary/aromatic N) is 5. The fraction of sp³-hybridized carbons (Fsp3) is 0.393. The highest BCUT2D eigenvalue weighted by atomic mass is 16.4. The number of hydrogen-bond acceptors (Lipinski definition) is 6. The van der Waals surface area contributed by atoms with Gasteiger partial charge in [0.2, 0.25) is 0 Å². The summed E-state index contributed by atoms with van der Waals surface area (Å²) >= 11 is 0. The lowest BCUT2D eigenvalue weighted by atomic mass is 9.90. The van der Waals surface area contributed by atoms with Crippen LogP contribution in [0.2, 0.25) is 0 Å². The van der Waals surface area contributed by atoms with E-state index in [2.05, 4.69) is 68.5 Å². The van der Waals surface area contributed by atoms with Crippen molar-refractivity contribution in [2.24, 2.45) is 5.92 Å². The number of aromatic amines is 1. The third-order valence-corrected chi connectivity index (χ3v) is 7.22. The number of benzene rings is 1. The number of likely N-dealkylation sites (tertiary alicyclic amines) is 1. The van der Waals surface area contributed by atoms with E-state index in [9.17, 15) is 0 Å². The topological polar surface area (TPSA) is 137 Å². The second-order valence-corrected chi connectivity index (χ2v) is 9.84. The first-order valence-corrected chi connectivity index (χ1v) is 12.9. The van der Waals surface area contributed by atoms with Crippen LogP contribution >= 0.6 is 0 Å². The first-order valence-electron chi connectivity index (χ1n) is 12.9. The molecule has 38 heavy (non-hydrogen) atoms. The number of carboxylic acid groups (broad SMARTS) is 2. The van der Waals surface area contributed by atoms with Gasteiger partial charge in [-0.25, -0.2) is 9.59 Å². The fourth-order valence-electron chi connectivity index (χ4n) is 5.09. The van der Waals surface area contributed by atoms with Crippen LogP contribution in [0.3, 0.4) is 0 Å². The number of piperidine rings is 1. The Hall–Kier alpha value is -4.05. The number of pyridine rings is 1. The van der Waals surface area contributed by atoms with E-state index >= 15 is 0 Å². The highest BCUT2D eigenvalue weighted by Gasteiger charge is 2.21. The van der Waals surface area contributed by atoms with E-state index in [0.29, 0.717) is 5.92 Å². The molecule has 200 valence electrons. The zero-order chi connectivity index (χ0) is 26.9. The summed E-state index contributed by atoms with van der Waals surface area (Å²) in [6.07, 6.45) is 15.9. The molecule has 0 bridgehead atoms. The molecular weight excluding hydrogens is 484 g/mol. The lowest BCUT2D eigenvalue weighted by Gasteiger charge is -2.33. The molecule has 4 aromatic rings. The van der Waals surface area contributed by atoms with Crippen LogP contribution in [-0.4, -0.2) is 71.4 Å². The fourth-order valence-corrected chi connectivity index (χ4v) is 5.09. The molecule has 1 aliphatic rings. The third kappa shape index (κ3) is 7.25. The highest BCUT2D eigenvalue weighted by molar-refractivity contribution is 6.27. The molecule has 4 heterocycles. The largest absolute Gasteiger partial charge is 0.473 e. The molecular formula is C28H34N6O4. The molecule has 1 saturated heterocycles. The Labute approximate surface area is 221 Å². The predicted octanol–water partition coefficient (Wildman–Crippen LogP) is 4.14. The number of rotatable bonds is 8. The number of nitrogens with one attached hydrogen (secondary N) is 1. The van der Waals surface area contributed by atoms with Crippen molar-refractivity contribution in [1.29, 1.82) is 0 Å². The number of carbonyl (C=O) groups is 2. The Morgan fingerprint density at radius 3 is 2.39 bits per heavy atom. The van der Waals surface area contributed by atoms with E-state index in [0.717, 1.165) is 24.6 Å². The second-order valence-electron chi connectivity index (χ2n) is 9.84. The van der Waals surface area contributed by atoms with Crippen LogP contribution in [0.25, 0.3) is 16.6 Å². The van der Waals surface area contributed by atoms with Gasteiger partial charge in [-0.05, 0) is 92.1 Å². The molecule has 0 aliphatic carbocycles. The van der Waals surface area contributed by atoms with E-state index < -0.39 is 11.9 Å². The maximum absolute atomic E-state index is 9.10. The summed E-state index contributed by atoms with van der Waals surface area (Å²) in [5, 5.41) is 23.9.